The molecule has 7 heteroatoms. The lowest BCUT2D eigenvalue weighted by Gasteiger charge is -2.27. The van der Waals surface area contributed by atoms with E-state index in [0.29, 0.717) is 17.2 Å². The van der Waals surface area contributed by atoms with Crippen LogP contribution >= 0.6 is 0 Å². The highest BCUT2D eigenvalue weighted by atomic mass is 16.5. The molecule has 7 nitrogen and oxygen atoms in total. The van der Waals surface area contributed by atoms with Gasteiger partial charge >= 0.3 is 0 Å². The van der Waals surface area contributed by atoms with Gasteiger partial charge in [-0.2, -0.15) is 0 Å². The summed E-state index contributed by atoms with van der Waals surface area (Å²) in [4.78, 5) is 19.5. The van der Waals surface area contributed by atoms with Gasteiger partial charge in [-0.1, -0.05) is 19.1 Å². The minimum Gasteiger partial charge on any atom is -0.493 e. The number of ether oxygens (including phenoxy) is 2. The molecule has 0 aliphatic carbocycles. The maximum atomic E-state index is 12.3. The highest BCUT2D eigenvalue weighted by molar-refractivity contribution is 5.94. The Labute approximate surface area is 170 Å². The van der Waals surface area contributed by atoms with Crippen molar-refractivity contribution in [3.63, 3.8) is 0 Å². The normalized spacial score (nSPS) is 13.9. The van der Waals surface area contributed by atoms with Crippen LogP contribution in [0.3, 0.4) is 0 Å². The standard InChI is InChI=1S/C22H26N4O3/c1-3-10-25-11-12-26-18-9-8-16(13-17(18)24-21(26)14-25)23-22(27)15-29-20-7-5-4-6-19(20)28-2/h4-9,13H,3,10-12,14-15H2,1-2H3,(H,23,27). The maximum Gasteiger partial charge on any atom is 0.262 e. The van der Waals surface area contributed by atoms with Crippen LogP contribution < -0.4 is 14.8 Å². The molecule has 1 aliphatic rings. The van der Waals surface area contributed by atoms with Gasteiger partial charge in [-0.3, -0.25) is 9.69 Å². The van der Waals surface area contributed by atoms with E-state index in [-0.39, 0.29) is 12.5 Å². The van der Waals surface area contributed by atoms with Gasteiger partial charge in [0, 0.05) is 18.8 Å². The first kappa shape index (κ1) is 19.3. The molecule has 3 aromatic rings. The van der Waals surface area contributed by atoms with Crippen LogP contribution in [0.2, 0.25) is 0 Å². The predicted molar refractivity (Wildman–Crippen MR) is 112 cm³/mol. The van der Waals surface area contributed by atoms with E-state index in [2.05, 4.69) is 21.7 Å². The van der Waals surface area contributed by atoms with E-state index in [9.17, 15) is 4.79 Å². The summed E-state index contributed by atoms with van der Waals surface area (Å²) in [5, 5.41) is 2.89. The number of nitrogens with one attached hydrogen (secondary N) is 1. The Kier molecular flexibility index (Phi) is 5.67. The molecular formula is C22H26N4O3. The van der Waals surface area contributed by atoms with Crippen molar-refractivity contribution in [3.8, 4) is 11.5 Å². The summed E-state index contributed by atoms with van der Waals surface area (Å²) >= 11 is 0. The topological polar surface area (TPSA) is 68.6 Å². The molecule has 0 radical (unpaired) electrons. The van der Waals surface area contributed by atoms with Crippen molar-refractivity contribution in [2.45, 2.75) is 26.4 Å². The maximum absolute atomic E-state index is 12.3. The molecule has 0 atom stereocenters. The van der Waals surface area contributed by atoms with Crippen LogP contribution in [0.25, 0.3) is 11.0 Å². The number of nitrogens with zero attached hydrogens (tertiary/aromatic N) is 3. The number of anilines is 1. The minimum atomic E-state index is -0.228. The highest BCUT2D eigenvalue weighted by Crippen LogP contribution is 2.26. The van der Waals surface area contributed by atoms with Gasteiger partial charge in [0.15, 0.2) is 18.1 Å². The molecule has 152 valence electrons. The molecule has 2 aromatic carbocycles. The average Bonchev–Trinajstić information content (AvgIpc) is 3.09. The van der Waals surface area contributed by atoms with Crippen LogP contribution in [-0.2, 0) is 17.9 Å². The number of methoxy groups -OCH3 is 1. The molecule has 1 amide bonds. The summed E-state index contributed by atoms with van der Waals surface area (Å²) in [5.41, 5.74) is 2.73. The third kappa shape index (κ3) is 4.19. The Morgan fingerprint density at radius 1 is 1.17 bits per heavy atom. The molecule has 1 aliphatic heterocycles. The van der Waals surface area contributed by atoms with Crippen LogP contribution in [0.15, 0.2) is 42.5 Å². The second kappa shape index (κ2) is 8.53. The summed E-state index contributed by atoms with van der Waals surface area (Å²) in [7, 11) is 1.57. The lowest BCUT2D eigenvalue weighted by Crippen LogP contribution is -2.34. The van der Waals surface area contributed by atoms with E-state index in [4.69, 9.17) is 14.5 Å². The molecule has 29 heavy (non-hydrogen) atoms. The zero-order valence-electron chi connectivity index (χ0n) is 16.9. The number of benzene rings is 2. The highest BCUT2D eigenvalue weighted by Gasteiger charge is 2.19. The van der Waals surface area contributed by atoms with Crippen LogP contribution in [-0.4, -0.2) is 47.2 Å². The number of hydrogen-bond donors (Lipinski definition) is 1. The van der Waals surface area contributed by atoms with Crippen molar-refractivity contribution < 1.29 is 14.3 Å². The van der Waals surface area contributed by atoms with Gasteiger partial charge in [-0.15, -0.1) is 0 Å². The monoisotopic (exact) mass is 394 g/mol. The zero-order chi connectivity index (χ0) is 20.2. The number of imidazole rings is 1. The second-order valence-electron chi connectivity index (χ2n) is 7.15. The number of amides is 1. The first-order valence-electron chi connectivity index (χ1n) is 9.95. The fourth-order valence-corrected chi connectivity index (χ4v) is 3.73. The lowest BCUT2D eigenvalue weighted by atomic mass is 10.2. The van der Waals surface area contributed by atoms with E-state index < -0.39 is 0 Å². The number of fused-ring (bicyclic) bond motifs is 3. The molecule has 0 saturated heterocycles. The Balaban J connectivity index is 1.43. The summed E-state index contributed by atoms with van der Waals surface area (Å²) in [6, 6.07) is 13.1. The van der Waals surface area contributed by atoms with E-state index >= 15 is 0 Å². The van der Waals surface area contributed by atoms with Crippen molar-refractivity contribution in [2.24, 2.45) is 0 Å². The fraction of sp³-hybridized carbons (Fsp3) is 0.364. The van der Waals surface area contributed by atoms with Gasteiger partial charge in [0.2, 0.25) is 0 Å². The number of aromatic nitrogens is 2. The molecule has 0 unspecified atom stereocenters. The van der Waals surface area contributed by atoms with Gasteiger partial charge in [-0.05, 0) is 43.3 Å². The van der Waals surface area contributed by atoms with E-state index in [1.54, 1.807) is 19.2 Å². The quantitative estimate of drug-likeness (QED) is 0.666. The average molecular weight is 394 g/mol. The number of rotatable bonds is 7. The van der Waals surface area contributed by atoms with Gasteiger partial charge < -0.3 is 19.4 Å². The zero-order valence-corrected chi connectivity index (χ0v) is 16.9. The first-order valence-corrected chi connectivity index (χ1v) is 9.95. The predicted octanol–water partition coefficient (Wildman–Crippen LogP) is 3.29. The Morgan fingerprint density at radius 2 is 2.00 bits per heavy atom. The van der Waals surface area contributed by atoms with E-state index in [1.807, 2.05) is 30.3 Å². The molecule has 0 saturated carbocycles. The second-order valence-corrected chi connectivity index (χ2v) is 7.15. The molecule has 4 rings (SSSR count). The fourth-order valence-electron chi connectivity index (χ4n) is 3.73. The number of para-hydroxylation sites is 2. The van der Waals surface area contributed by atoms with Crippen LogP contribution in [0.1, 0.15) is 19.2 Å². The van der Waals surface area contributed by atoms with Crippen LogP contribution in [0, 0.1) is 0 Å². The lowest BCUT2D eigenvalue weighted by molar-refractivity contribution is -0.118. The first-order chi connectivity index (χ1) is 14.2. The summed E-state index contributed by atoms with van der Waals surface area (Å²) < 4.78 is 13.1. The van der Waals surface area contributed by atoms with Crippen LogP contribution in [0.4, 0.5) is 5.69 Å². The molecule has 2 heterocycles. The van der Waals surface area contributed by atoms with Crippen molar-refractivity contribution in [2.75, 3.05) is 32.1 Å². The molecule has 1 N–H and O–H groups in total. The van der Waals surface area contributed by atoms with Crippen LogP contribution in [0.5, 0.6) is 11.5 Å². The smallest absolute Gasteiger partial charge is 0.262 e. The van der Waals surface area contributed by atoms with Crippen molar-refractivity contribution >= 4 is 22.6 Å². The van der Waals surface area contributed by atoms with Gasteiger partial charge in [0.25, 0.3) is 5.91 Å². The minimum absolute atomic E-state index is 0.0932. The van der Waals surface area contributed by atoms with Gasteiger partial charge in [0.1, 0.15) is 5.82 Å². The Morgan fingerprint density at radius 3 is 2.79 bits per heavy atom. The van der Waals surface area contributed by atoms with Crippen molar-refractivity contribution in [3.05, 3.63) is 48.3 Å². The SMILES string of the molecule is CCCN1CCn2c(nc3cc(NC(=O)COc4ccccc4OC)ccc32)C1. The number of hydrogen-bond acceptors (Lipinski definition) is 5. The van der Waals surface area contributed by atoms with Gasteiger partial charge in [-0.25, -0.2) is 4.98 Å². The Bertz CT molecular complexity index is 1010. The van der Waals surface area contributed by atoms with E-state index in [0.717, 1.165) is 49.5 Å². The third-order valence-electron chi connectivity index (χ3n) is 5.08. The molecule has 0 spiro atoms. The van der Waals surface area contributed by atoms with E-state index in [1.165, 1.54) is 0 Å². The summed E-state index contributed by atoms with van der Waals surface area (Å²) in [6.45, 7) is 6.07. The largest absolute Gasteiger partial charge is 0.493 e. The third-order valence-corrected chi connectivity index (χ3v) is 5.08. The number of carbonyl (C=O) groups excluding carboxylic acids is 1. The molecular weight excluding hydrogens is 368 g/mol. The van der Waals surface area contributed by atoms with Crippen molar-refractivity contribution in [1.29, 1.82) is 0 Å². The number of carbonyl (C=O) groups is 1. The van der Waals surface area contributed by atoms with Gasteiger partial charge in [0.05, 0.1) is 24.7 Å². The van der Waals surface area contributed by atoms with Crippen molar-refractivity contribution in [1.82, 2.24) is 14.5 Å². The summed E-state index contributed by atoms with van der Waals surface area (Å²) in [6.07, 6.45) is 1.15. The molecule has 0 bridgehead atoms. The summed E-state index contributed by atoms with van der Waals surface area (Å²) in [5.74, 6) is 2.00. The Hall–Kier alpha value is -3.06. The molecule has 1 aromatic heterocycles. The molecule has 0 fully saturated rings.